The number of amides is 2. The van der Waals surface area contributed by atoms with Gasteiger partial charge in [-0.1, -0.05) is 6.07 Å². The van der Waals surface area contributed by atoms with Crippen LogP contribution in [0.1, 0.15) is 35.2 Å². The van der Waals surface area contributed by atoms with Crippen LogP contribution < -0.4 is 9.47 Å². The van der Waals surface area contributed by atoms with Crippen LogP contribution in [0, 0.1) is 0 Å². The molecule has 0 N–H and O–H groups in total. The molecule has 0 bridgehead atoms. The number of hydrogen-bond acceptors (Lipinski definition) is 5. The molecule has 29 heavy (non-hydrogen) atoms. The molecule has 0 atom stereocenters. The third kappa shape index (κ3) is 4.90. The van der Waals surface area contributed by atoms with E-state index in [0.717, 1.165) is 35.5 Å². The van der Waals surface area contributed by atoms with Gasteiger partial charge in [0.2, 0.25) is 5.91 Å². The molecule has 0 aliphatic carbocycles. The molecule has 1 aromatic carbocycles. The molecule has 2 aliphatic rings. The molecule has 0 unspecified atom stereocenters. The molecular formula is C22H26N2O4S. The Kier molecular flexibility index (Phi) is 6.34. The number of aryl methyl sites for hydroxylation is 1. The van der Waals surface area contributed by atoms with Gasteiger partial charge in [0, 0.05) is 44.4 Å². The molecule has 2 aliphatic heterocycles. The van der Waals surface area contributed by atoms with Crippen molar-refractivity contribution in [3.63, 3.8) is 0 Å². The van der Waals surface area contributed by atoms with E-state index in [2.05, 4.69) is 0 Å². The molecule has 6 nitrogen and oxygen atoms in total. The van der Waals surface area contributed by atoms with Crippen LogP contribution in [0.3, 0.4) is 0 Å². The van der Waals surface area contributed by atoms with Gasteiger partial charge in [-0.05, 0) is 42.0 Å². The van der Waals surface area contributed by atoms with Crippen molar-refractivity contribution >= 4 is 23.2 Å². The number of thiophene rings is 1. The van der Waals surface area contributed by atoms with Gasteiger partial charge >= 0.3 is 0 Å². The minimum Gasteiger partial charge on any atom is -0.490 e. The lowest BCUT2D eigenvalue weighted by molar-refractivity contribution is -0.131. The van der Waals surface area contributed by atoms with E-state index in [9.17, 15) is 9.59 Å². The van der Waals surface area contributed by atoms with Crippen LogP contribution in [0.25, 0.3) is 0 Å². The standard InChI is InChI=1S/C22H26N2O4S/c25-21(6-4-17-3-5-19-20(15-17)28-13-2-12-27-19)23-8-1-9-24(11-10-23)22(26)18-7-14-29-16-18/h3,5,7,14-16H,1-2,4,6,8-13H2. The van der Waals surface area contributed by atoms with Gasteiger partial charge in [-0.15, -0.1) is 0 Å². The van der Waals surface area contributed by atoms with Gasteiger partial charge in [-0.3, -0.25) is 9.59 Å². The maximum atomic E-state index is 12.7. The fourth-order valence-corrected chi connectivity index (χ4v) is 4.34. The third-order valence-electron chi connectivity index (χ3n) is 5.34. The van der Waals surface area contributed by atoms with Crippen molar-refractivity contribution < 1.29 is 19.1 Å². The molecule has 2 aromatic rings. The Hall–Kier alpha value is -2.54. The molecule has 7 heteroatoms. The van der Waals surface area contributed by atoms with Crippen LogP contribution in [0.5, 0.6) is 11.5 Å². The van der Waals surface area contributed by atoms with E-state index in [4.69, 9.17) is 9.47 Å². The van der Waals surface area contributed by atoms with E-state index in [1.54, 1.807) is 0 Å². The first-order valence-electron chi connectivity index (χ1n) is 10.2. The van der Waals surface area contributed by atoms with Crippen LogP contribution in [0.15, 0.2) is 35.0 Å². The van der Waals surface area contributed by atoms with Crippen molar-refractivity contribution in [2.24, 2.45) is 0 Å². The van der Waals surface area contributed by atoms with Crippen LogP contribution in [-0.2, 0) is 11.2 Å². The molecule has 1 fully saturated rings. The monoisotopic (exact) mass is 414 g/mol. The van der Waals surface area contributed by atoms with Gasteiger partial charge in [-0.2, -0.15) is 11.3 Å². The Morgan fingerprint density at radius 2 is 1.72 bits per heavy atom. The van der Waals surface area contributed by atoms with Crippen molar-refractivity contribution in [3.05, 3.63) is 46.2 Å². The Balaban J connectivity index is 1.30. The highest BCUT2D eigenvalue weighted by molar-refractivity contribution is 7.08. The SMILES string of the molecule is O=C(CCc1ccc2c(c1)OCCCO2)N1CCCN(C(=O)c2ccsc2)CC1. The van der Waals surface area contributed by atoms with Crippen molar-refractivity contribution in [1.29, 1.82) is 0 Å². The minimum absolute atomic E-state index is 0.0627. The fourth-order valence-electron chi connectivity index (χ4n) is 3.71. The second kappa shape index (κ2) is 9.31. The lowest BCUT2D eigenvalue weighted by atomic mass is 10.1. The summed E-state index contributed by atoms with van der Waals surface area (Å²) in [6.07, 6.45) is 2.82. The van der Waals surface area contributed by atoms with Gasteiger partial charge in [-0.25, -0.2) is 0 Å². The van der Waals surface area contributed by atoms with Crippen molar-refractivity contribution in [1.82, 2.24) is 9.80 Å². The molecule has 0 spiro atoms. The first kappa shape index (κ1) is 19.8. The molecule has 0 radical (unpaired) electrons. The smallest absolute Gasteiger partial charge is 0.254 e. The largest absolute Gasteiger partial charge is 0.490 e. The number of ether oxygens (including phenoxy) is 2. The lowest BCUT2D eigenvalue weighted by Crippen LogP contribution is -2.37. The molecule has 0 saturated carbocycles. The van der Waals surface area contributed by atoms with E-state index in [0.29, 0.717) is 52.2 Å². The van der Waals surface area contributed by atoms with E-state index >= 15 is 0 Å². The second-order valence-electron chi connectivity index (χ2n) is 7.37. The zero-order valence-electron chi connectivity index (χ0n) is 16.5. The maximum absolute atomic E-state index is 12.7. The Morgan fingerprint density at radius 3 is 2.55 bits per heavy atom. The quantitative estimate of drug-likeness (QED) is 0.771. The van der Waals surface area contributed by atoms with Crippen molar-refractivity contribution in [2.45, 2.75) is 25.7 Å². The number of rotatable bonds is 4. The Morgan fingerprint density at radius 1 is 0.931 bits per heavy atom. The van der Waals surface area contributed by atoms with Gasteiger partial charge < -0.3 is 19.3 Å². The molecule has 1 aromatic heterocycles. The highest BCUT2D eigenvalue weighted by atomic mass is 32.1. The zero-order chi connectivity index (χ0) is 20.1. The van der Waals surface area contributed by atoms with Crippen molar-refractivity contribution in [2.75, 3.05) is 39.4 Å². The van der Waals surface area contributed by atoms with Gasteiger partial charge in [0.1, 0.15) is 0 Å². The summed E-state index contributed by atoms with van der Waals surface area (Å²) >= 11 is 1.53. The maximum Gasteiger partial charge on any atom is 0.254 e. The topological polar surface area (TPSA) is 59.1 Å². The number of carbonyl (C=O) groups is 2. The normalized spacial score (nSPS) is 16.8. The number of hydrogen-bond donors (Lipinski definition) is 0. The molecule has 3 heterocycles. The first-order valence-corrected chi connectivity index (χ1v) is 11.1. The average Bonchev–Trinajstić information content (AvgIpc) is 3.02. The van der Waals surface area contributed by atoms with E-state index in [1.165, 1.54) is 11.3 Å². The molecule has 4 rings (SSSR count). The molecule has 1 saturated heterocycles. The van der Waals surface area contributed by atoms with Crippen LogP contribution in [-0.4, -0.2) is 61.0 Å². The molecular weight excluding hydrogens is 388 g/mol. The second-order valence-corrected chi connectivity index (χ2v) is 8.15. The van der Waals surface area contributed by atoms with E-state index in [-0.39, 0.29) is 11.8 Å². The predicted molar refractivity (Wildman–Crippen MR) is 112 cm³/mol. The van der Waals surface area contributed by atoms with Crippen LogP contribution >= 0.6 is 11.3 Å². The van der Waals surface area contributed by atoms with Crippen LogP contribution in [0.2, 0.25) is 0 Å². The minimum atomic E-state index is 0.0627. The highest BCUT2D eigenvalue weighted by Crippen LogP contribution is 2.30. The third-order valence-corrected chi connectivity index (χ3v) is 6.03. The number of benzene rings is 1. The van der Waals surface area contributed by atoms with Crippen LogP contribution in [0.4, 0.5) is 0 Å². The average molecular weight is 415 g/mol. The summed E-state index contributed by atoms with van der Waals surface area (Å²) in [4.78, 5) is 29.0. The first-order chi connectivity index (χ1) is 14.2. The number of carbonyl (C=O) groups excluding carboxylic acids is 2. The predicted octanol–water partition coefficient (Wildman–Crippen LogP) is 3.22. The number of nitrogens with zero attached hydrogens (tertiary/aromatic N) is 2. The Labute approximate surface area is 175 Å². The summed E-state index contributed by atoms with van der Waals surface area (Å²) in [6, 6.07) is 7.78. The summed E-state index contributed by atoms with van der Waals surface area (Å²) in [7, 11) is 0. The highest BCUT2D eigenvalue weighted by Gasteiger charge is 2.23. The fraction of sp³-hybridized carbons (Fsp3) is 0.455. The summed E-state index contributed by atoms with van der Waals surface area (Å²) in [5, 5.41) is 3.80. The zero-order valence-corrected chi connectivity index (χ0v) is 17.3. The summed E-state index contributed by atoms with van der Waals surface area (Å²) in [5.41, 5.74) is 1.82. The van der Waals surface area contributed by atoms with Gasteiger partial charge in [0.25, 0.3) is 5.91 Å². The summed E-state index contributed by atoms with van der Waals surface area (Å²) in [6.45, 7) is 3.91. The summed E-state index contributed by atoms with van der Waals surface area (Å²) in [5.74, 6) is 1.75. The van der Waals surface area contributed by atoms with E-state index in [1.807, 2.05) is 44.8 Å². The lowest BCUT2D eigenvalue weighted by Gasteiger charge is -2.22. The number of fused-ring (bicyclic) bond motifs is 1. The molecule has 2 amide bonds. The van der Waals surface area contributed by atoms with Gasteiger partial charge in [0.15, 0.2) is 11.5 Å². The summed E-state index contributed by atoms with van der Waals surface area (Å²) < 4.78 is 11.4. The van der Waals surface area contributed by atoms with E-state index < -0.39 is 0 Å². The van der Waals surface area contributed by atoms with Crippen molar-refractivity contribution in [3.8, 4) is 11.5 Å². The molecule has 154 valence electrons. The van der Waals surface area contributed by atoms with Gasteiger partial charge in [0.05, 0.1) is 18.8 Å². The Bertz CT molecular complexity index is 853.